The van der Waals surface area contributed by atoms with Gasteiger partial charge in [0, 0.05) is 12.8 Å². The lowest BCUT2D eigenvalue weighted by atomic mass is 10.3. The van der Waals surface area contributed by atoms with Gasteiger partial charge in [0.2, 0.25) is 11.8 Å². The number of nitrogens with zero attached hydrogens (tertiary/aromatic N) is 3. The summed E-state index contributed by atoms with van der Waals surface area (Å²) in [6.45, 7) is 1.44. The third-order valence-electron chi connectivity index (χ3n) is 2.02. The maximum atomic E-state index is 10.9. The summed E-state index contributed by atoms with van der Waals surface area (Å²) < 4.78 is 21.9. The second-order valence-electron chi connectivity index (χ2n) is 3.68. The molecule has 0 aromatic carbocycles. The Bertz CT molecular complexity index is 571. The molecule has 0 saturated carbocycles. The van der Waals surface area contributed by atoms with Crippen molar-refractivity contribution in [1.29, 1.82) is 0 Å². The molecule has 1 heterocycles. The van der Waals surface area contributed by atoms with Crippen LogP contribution in [0.3, 0.4) is 0 Å². The first kappa shape index (κ1) is 14.1. The number of rotatable bonds is 5. The molecule has 3 N–H and O–H groups in total. The van der Waals surface area contributed by atoms with Crippen LogP contribution in [0, 0.1) is 17.0 Å². The lowest BCUT2D eigenvalue weighted by molar-refractivity contribution is -0.385. The van der Waals surface area contributed by atoms with Crippen LogP contribution in [-0.4, -0.2) is 41.9 Å². The smallest absolute Gasteiger partial charge is 0.332 e. The molecule has 9 nitrogen and oxygen atoms in total. The fourth-order valence-electron chi connectivity index (χ4n) is 1.29. The number of sulfone groups is 1. The number of hydrogen-bond donors (Lipinski definition) is 2. The van der Waals surface area contributed by atoms with Crippen LogP contribution in [0.15, 0.2) is 0 Å². The number of nitrogens with one attached hydrogen (secondary N) is 1. The molecule has 0 amide bonds. The molecule has 0 saturated heterocycles. The van der Waals surface area contributed by atoms with Gasteiger partial charge in [0.15, 0.2) is 0 Å². The Morgan fingerprint density at radius 1 is 1.44 bits per heavy atom. The van der Waals surface area contributed by atoms with E-state index in [2.05, 4.69) is 15.3 Å². The Morgan fingerprint density at radius 2 is 2.06 bits per heavy atom. The molecule has 18 heavy (non-hydrogen) atoms. The molecular formula is C8H13N5O4S. The van der Waals surface area contributed by atoms with Gasteiger partial charge >= 0.3 is 5.69 Å². The summed E-state index contributed by atoms with van der Waals surface area (Å²) in [5, 5.41) is 13.4. The third kappa shape index (κ3) is 3.80. The lowest BCUT2D eigenvalue weighted by Crippen LogP contribution is -2.16. The van der Waals surface area contributed by atoms with E-state index in [9.17, 15) is 18.5 Å². The molecule has 1 rings (SSSR count). The molecule has 0 spiro atoms. The number of nitrogens with two attached hydrogens (primary N) is 1. The van der Waals surface area contributed by atoms with Gasteiger partial charge < -0.3 is 11.1 Å². The fraction of sp³-hybridized carbons (Fsp3) is 0.500. The Hall–Kier alpha value is -1.97. The van der Waals surface area contributed by atoms with Crippen LogP contribution in [0.2, 0.25) is 0 Å². The van der Waals surface area contributed by atoms with E-state index in [1.165, 1.54) is 6.92 Å². The Kier molecular flexibility index (Phi) is 4.01. The lowest BCUT2D eigenvalue weighted by Gasteiger charge is -2.07. The van der Waals surface area contributed by atoms with Crippen LogP contribution in [-0.2, 0) is 9.84 Å². The third-order valence-corrected chi connectivity index (χ3v) is 2.97. The summed E-state index contributed by atoms with van der Waals surface area (Å²) in [5.74, 6) is -0.346. The minimum absolute atomic E-state index is 0.00949. The zero-order valence-electron chi connectivity index (χ0n) is 9.87. The van der Waals surface area contributed by atoms with E-state index in [1.54, 1.807) is 0 Å². The minimum Gasteiger partial charge on any atom is -0.368 e. The maximum Gasteiger partial charge on any atom is 0.332 e. The van der Waals surface area contributed by atoms with E-state index < -0.39 is 14.8 Å². The van der Waals surface area contributed by atoms with Crippen LogP contribution in [0.25, 0.3) is 0 Å². The van der Waals surface area contributed by atoms with Crippen molar-refractivity contribution in [3.05, 3.63) is 15.8 Å². The van der Waals surface area contributed by atoms with E-state index in [0.29, 0.717) is 0 Å². The highest BCUT2D eigenvalue weighted by molar-refractivity contribution is 7.90. The SMILES string of the molecule is Cc1nc(N)nc(NCCS(C)(=O)=O)c1[N+](=O)[O-]. The zero-order chi connectivity index (χ0) is 13.9. The first-order valence-electron chi connectivity index (χ1n) is 4.91. The van der Waals surface area contributed by atoms with Crippen molar-refractivity contribution in [3.63, 3.8) is 0 Å². The fourth-order valence-corrected chi connectivity index (χ4v) is 1.76. The molecule has 0 bridgehead atoms. The molecule has 0 radical (unpaired) electrons. The Morgan fingerprint density at radius 3 is 2.56 bits per heavy atom. The van der Waals surface area contributed by atoms with Crippen molar-refractivity contribution in [2.75, 3.05) is 29.6 Å². The highest BCUT2D eigenvalue weighted by Gasteiger charge is 2.21. The summed E-state index contributed by atoms with van der Waals surface area (Å²) in [4.78, 5) is 17.6. The van der Waals surface area contributed by atoms with Gasteiger partial charge in [0.1, 0.15) is 15.5 Å². The van der Waals surface area contributed by atoms with Crippen molar-refractivity contribution in [3.8, 4) is 0 Å². The molecule has 10 heteroatoms. The monoisotopic (exact) mass is 275 g/mol. The molecule has 0 fully saturated rings. The number of hydrogen-bond acceptors (Lipinski definition) is 8. The number of aromatic nitrogens is 2. The average molecular weight is 275 g/mol. The predicted octanol–water partition coefficient (Wildman–Crippen LogP) is -0.268. The van der Waals surface area contributed by atoms with Crippen LogP contribution < -0.4 is 11.1 Å². The second kappa shape index (κ2) is 5.12. The van der Waals surface area contributed by atoms with E-state index >= 15 is 0 Å². The summed E-state index contributed by atoms with van der Waals surface area (Å²) in [5.41, 5.74) is 5.20. The van der Waals surface area contributed by atoms with Gasteiger partial charge in [-0.15, -0.1) is 0 Å². The second-order valence-corrected chi connectivity index (χ2v) is 5.94. The van der Waals surface area contributed by atoms with Gasteiger partial charge in [-0.2, -0.15) is 4.98 Å². The van der Waals surface area contributed by atoms with Gasteiger partial charge in [-0.25, -0.2) is 13.4 Å². The van der Waals surface area contributed by atoms with Crippen LogP contribution in [0.5, 0.6) is 0 Å². The van der Waals surface area contributed by atoms with Crippen molar-refractivity contribution < 1.29 is 13.3 Å². The summed E-state index contributed by atoms with van der Waals surface area (Å²) in [6, 6.07) is 0. The Labute approximate surface area is 103 Å². The van der Waals surface area contributed by atoms with Gasteiger partial charge in [0.25, 0.3) is 0 Å². The summed E-state index contributed by atoms with van der Waals surface area (Å²) in [7, 11) is -3.15. The van der Waals surface area contributed by atoms with E-state index in [0.717, 1.165) is 6.26 Å². The van der Waals surface area contributed by atoms with E-state index in [4.69, 9.17) is 5.73 Å². The number of aryl methyl sites for hydroxylation is 1. The van der Waals surface area contributed by atoms with Gasteiger partial charge in [-0.3, -0.25) is 10.1 Å². The van der Waals surface area contributed by atoms with Crippen molar-refractivity contribution in [2.45, 2.75) is 6.92 Å². The van der Waals surface area contributed by atoms with Crippen molar-refractivity contribution >= 4 is 27.3 Å². The average Bonchev–Trinajstić information content (AvgIpc) is 2.13. The molecular weight excluding hydrogens is 262 g/mol. The van der Waals surface area contributed by atoms with Crippen molar-refractivity contribution in [1.82, 2.24) is 9.97 Å². The van der Waals surface area contributed by atoms with Crippen LogP contribution in [0.4, 0.5) is 17.5 Å². The molecule has 0 aliphatic rings. The van der Waals surface area contributed by atoms with E-state index in [1.807, 2.05) is 0 Å². The first-order valence-corrected chi connectivity index (χ1v) is 6.97. The Balaban J connectivity index is 2.97. The normalized spacial score (nSPS) is 11.2. The number of anilines is 2. The van der Waals surface area contributed by atoms with Gasteiger partial charge in [0.05, 0.1) is 10.7 Å². The van der Waals surface area contributed by atoms with Crippen molar-refractivity contribution in [2.24, 2.45) is 0 Å². The maximum absolute atomic E-state index is 10.9. The van der Waals surface area contributed by atoms with E-state index in [-0.39, 0.29) is 35.4 Å². The minimum atomic E-state index is -3.15. The predicted molar refractivity (Wildman–Crippen MR) is 66.0 cm³/mol. The van der Waals surface area contributed by atoms with Gasteiger partial charge in [-0.05, 0) is 6.92 Å². The quantitative estimate of drug-likeness (QED) is 0.552. The molecule has 0 unspecified atom stereocenters. The molecule has 0 aliphatic heterocycles. The molecule has 0 aliphatic carbocycles. The number of nitro groups is 1. The standard InChI is InChI=1S/C8H13N5O4S/c1-5-6(13(14)15)7(12-8(9)11-5)10-3-4-18(2,16)17/h3-4H2,1-2H3,(H3,9,10,11,12). The first-order chi connectivity index (χ1) is 8.20. The topological polar surface area (TPSA) is 141 Å². The molecule has 0 atom stereocenters. The van der Waals surface area contributed by atoms with Crippen LogP contribution in [0.1, 0.15) is 5.69 Å². The molecule has 1 aromatic heterocycles. The zero-order valence-corrected chi connectivity index (χ0v) is 10.7. The summed E-state index contributed by atoms with van der Waals surface area (Å²) >= 11 is 0. The summed E-state index contributed by atoms with van der Waals surface area (Å²) in [6.07, 6.45) is 1.07. The number of nitrogen functional groups attached to an aromatic ring is 1. The molecule has 1 aromatic rings. The highest BCUT2D eigenvalue weighted by Crippen LogP contribution is 2.25. The van der Waals surface area contributed by atoms with Crippen LogP contribution >= 0.6 is 0 Å². The largest absolute Gasteiger partial charge is 0.368 e. The van der Waals surface area contributed by atoms with Gasteiger partial charge in [-0.1, -0.05) is 0 Å². The molecule has 100 valence electrons. The highest BCUT2D eigenvalue weighted by atomic mass is 32.2.